The molecule has 0 aliphatic heterocycles. The van der Waals surface area contributed by atoms with Crippen LogP contribution in [0.1, 0.15) is 117 Å². The Morgan fingerprint density at radius 1 is 0.778 bits per heavy atom. The predicted octanol–water partition coefficient (Wildman–Crippen LogP) is 5.76. The van der Waals surface area contributed by atoms with Gasteiger partial charge in [0.15, 0.2) is 0 Å². The number of aliphatic hydroxyl groups is 1. The van der Waals surface area contributed by atoms with Crippen molar-refractivity contribution in [2.45, 2.75) is 123 Å². The van der Waals surface area contributed by atoms with Gasteiger partial charge in [-0.25, -0.2) is 0 Å². The van der Waals surface area contributed by atoms with Crippen LogP contribution in [0, 0.1) is 0 Å². The molecule has 0 radical (unpaired) electrons. The van der Waals surface area contributed by atoms with E-state index in [4.69, 9.17) is 9.84 Å². The Bertz CT molecular complexity index is 310. The van der Waals surface area contributed by atoms with Crippen molar-refractivity contribution in [2.75, 3.05) is 19.8 Å². The first-order valence-corrected chi connectivity index (χ1v) is 11.7. The molecule has 0 fully saturated rings. The molecule has 1 unspecified atom stereocenters. The van der Waals surface area contributed by atoms with Crippen LogP contribution in [0.2, 0.25) is 0 Å². The number of hydrogen-bond donors (Lipinski definition) is 2. The highest BCUT2D eigenvalue weighted by molar-refractivity contribution is 5.73. The molecular formula is C23H47NO3. The first-order valence-electron chi connectivity index (χ1n) is 11.7. The van der Waals surface area contributed by atoms with E-state index >= 15 is 0 Å². The maximum absolute atomic E-state index is 10.9. The summed E-state index contributed by atoms with van der Waals surface area (Å²) in [7, 11) is 0. The van der Waals surface area contributed by atoms with Crippen molar-refractivity contribution in [3.05, 3.63) is 0 Å². The summed E-state index contributed by atoms with van der Waals surface area (Å²) < 4.78 is 5.53. The molecule has 0 aliphatic rings. The number of nitrogens with one attached hydrogen (secondary N) is 1. The van der Waals surface area contributed by atoms with Crippen LogP contribution >= 0.6 is 0 Å². The minimum atomic E-state index is -0.274. The summed E-state index contributed by atoms with van der Waals surface area (Å²) in [5.41, 5.74) is 0. The standard InChI is InChI=1S/C23H47NO3/c1-3-4-5-6-7-8-9-10-11-12-13-14-15-16-17-18-19-27-21-23(20-25)24-22(2)26/h23,25H,3-21H2,1-2H3,(H,24,26). The predicted molar refractivity (Wildman–Crippen MR) is 115 cm³/mol. The van der Waals surface area contributed by atoms with E-state index in [2.05, 4.69) is 12.2 Å². The van der Waals surface area contributed by atoms with Crippen LogP contribution in [-0.4, -0.2) is 36.9 Å². The van der Waals surface area contributed by atoms with Gasteiger partial charge in [-0.1, -0.05) is 103 Å². The molecule has 0 spiro atoms. The van der Waals surface area contributed by atoms with Crippen LogP contribution in [0.4, 0.5) is 0 Å². The second kappa shape index (κ2) is 21.7. The van der Waals surface area contributed by atoms with Crippen LogP contribution in [0.5, 0.6) is 0 Å². The van der Waals surface area contributed by atoms with E-state index in [1.807, 2.05) is 0 Å². The number of carbonyl (C=O) groups excluding carboxylic acids is 1. The number of unbranched alkanes of at least 4 members (excludes halogenated alkanes) is 15. The third kappa shape index (κ3) is 21.5. The van der Waals surface area contributed by atoms with Gasteiger partial charge in [0.05, 0.1) is 19.3 Å². The molecule has 162 valence electrons. The minimum absolute atomic E-state index is 0.0709. The van der Waals surface area contributed by atoms with Crippen LogP contribution in [-0.2, 0) is 9.53 Å². The second-order valence-electron chi connectivity index (χ2n) is 7.96. The van der Waals surface area contributed by atoms with E-state index in [1.54, 1.807) is 0 Å². The van der Waals surface area contributed by atoms with Gasteiger partial charge in [0.1, 0.15) is 0 Å². The van der Waals surface area contributed by atoms with E-state index < -0.39 is 0 Å². The smallest absolute Gasteiger partial charge is 0.217 e. The third-order valence-electron chi connectivity index (χ3n) is 5.09. The van der Waals surface area contributed by atoms with Gasteiger partial charge in [0, 0.05) is 13.5 Å². The van der Waals surface area contributed by atoms with E-state index in [9.17, 15) is 4.79 Å². The SMILES string of the molecule is CCCCCCCCCCCCCCCCCCOCC(CO)NC(C)=O. The Balaban J connectivity index is 3.13. The van der Waals surface area contributed by atoms with Crippen molar-refractivity contribution >= 4 is 5.91 Å². The maximum Gasteiger partial charge on any atom is 0.217 e. The summed E-state index contributed by atoms with van der Waals surface area (Å²) in [5.74, 6) is -0.125. The lowest BCUT2D eigenvalue weighted by atomic mass is 10.0. The molecule has 2 N–H and O–H groups in total. The van der Waals surface area contributed by atoms with Crippen LogP contribution in [0.3, 0.4) is 0 Å². The molecule has 1 atom stereocenters. The molecule has 0 aromatic carbocycles. The van der Waals surface area contributed by atoms with Crippen LogP contribution in [0.15, 0.2) is 0 Å². The van der Waals surface area contributed by atoms with Gasteiger partial charge in [-0.05, 0) is 6.42 Å². The number of aliphatic hydroxyl groups excluding tert-OH is 1. The molecule has 27 heavy (non-hydrogen) atoms. The van der Waals surface area contributed by atoms with Crippen molar-refractivity contribution in [1.82, 2.24) is 5.32 Å². The van der Waals surface area contributed by atoms with Crippen molar-refractivity contribution in [3.63, 3.8) is 0 Å². The zero-order valence-electron chi connectivity index (χ0n) is 18.3. The minimum Gasteiger partial charge on any atom is -0.394 e. The molecule has 4 nitrogen and oxygen atoms in total. The Kier molecular flexibility index (Phi) is 21.2. The number of amides is 1. The Morgan fingerprint density at radius 2 is 1.19 bits per heavy atom. The topological polar surface area (TPSA) is 58.6 Å². The summed E-state index contributed by atoms with van der Waals surface area (Å²) in [5, 5.41) is 11.8. The average molecular weight is 386 g/mol. The highest BCUT2D eigenvalue weighted by atomic mass is 16.5. The molecule has 0 aromatic heterocycles. The van der Waals surface area contributed by atoms with Gasteiger partial charge in [-0.3, -0.25) is 4.79 Å². The van der Waals surface area contributed by atoms with E-state index in [-0.39, 0.29) is 18.6 Å². The first kappa shape index (κ1) is 26.4. The maximum atomic E-state index is 10.9. The summed E-state index contributed by atoms with van der Waals surface area (Å²) in [6.45, 7) is 4.78. The highest BCUT2D eigenvalue weighted by Crippen LogP contribution is 2.13. The molecule has 0 aromatic rings. The molecule has 0 heterocycles. The van der Waals surface area contributed by atoms with E-state index in [0.717, 1.165) is 6.42 Å². The van der Waals surface area contributed by atoms with Crippen molar-refractivity contribution in [1.29, 1.82) is 0 Å². The summed E-state index contributed by atoms with van der Waals surface area (Å²) >= 11 is 0. The zero-order chi connectivity index (χ0) is 20.0. The van der Waals surface area contributed by atoms with Gasteiger partial charge in [-0.2, -0.15) is 0 Å². The zero-order valence-corrected chi connectivity index (χ0v) is 18.3. The summed E-state index contributed by atoms with van der Waals surface area (Å²) in [6, 6.07) is -0.274. The molecular weight excluding hydrogens is 338 g/mol. The highest BCUT2D eigenvalue weighted by Gasteiger charge is 2.07. The quantitative estimate of drug-likeness (QED) is 0.247. The van der Waals surface area contributed by atoms with Gasteiger partial charge in [-0.15, -0.1) is 0 Å². The van der Waals surface area contributed by atoms with E-state index in [1.165, 1.54) is 103 Å². The fourth-order valence-corrected chi connectivity index (χ4v) is 3.41. The van der Waals surface area contributed by atoms with Crippen molar-refractivity contribution in [2.24, 2.45) is 0 Å². The first-order chi connectivity index (χ1) is 13.2. The lowest BCUT2D eigenvalue weighted by Crippen LogP contribution is -2.39. The van der Waals surface area contributed by atoms with Gasteiger partial charge in [0.2, 0.25) is 5.91 Å². The lowest BCUT2D eigenvalue weighted by Gasteiger charge is -2.15. The van der Waals surface area contributed by atoms with Crippen LogP contribution in [0.25, 0.3) is 0 Å². The molecule has 0 aliphatic carbocycles. The molecule has 0 rings (SSSR count). The summed E-state index contributed by atoms with van der Waals surface area (Å²) in [6.07, 6.45) is 21.9. The molecule has 0 saturated carbocycles. The fourth-order valence-electron chi connectivity index (χ4n) is 3.41. The summed E-state index contributed by atoms with van der Waals surface area (Å²) in [4.78, 5) is 10.9. The monoisotopic (exact) mass is 385 g/mol. The van der Waals surface area contributed by atoms with Gasteiger partial charge < -0.3 is 15.2 Å². The van der Waals surface area contributed by atoms with Crippen molar-refractivity contribution < 1.29 is 14.6 Å². The molecule has 0 bridgehead atoms. The van der Waals surface area contributed by atoms with Crippen molar-refractivity contribution in [3.8, 4) is 0 Å². The van der Waals surface area contributed by atoms with Gasteiger partial charge in [0.25, 0.3) is 0 Å². The van der Waals surface area contributed by atoms with E-state index in [0.29, 0.717) is 13.2 Å². The Hall–Kier alpha value is -0.610. The number of rotatable bonds is 21. The normalized spacial score (nSPS) is 12.3. The number of carbonyl (C=O) groups is 1. The Morgan fingerprint density at radius 3 is 1.56 bits per heavy atom. The second-order valence-corrected chi connectivity index (χ2v) is 7.96. The largest absolute Gasteiger partial charge is 0.394 e. The fraction of sp³-hybridized carbons (Fsp3) is 0.957. The number of ether oxygens (including phenoxy) is 1. The Labute approximate surface area is 168 Å². The average Bonchev–Trinajstić information content (AvgIpc) is 2.65. The molecule has 4 heteroatoms. The number of hydrogen-bond acceptors (Lipinski definition) is 3. The molecule has 0 saturated heterocycles. The molecule has 1 amide bonds. The third-order valence-corrected chi connectivity index (χ3v) is 5.09. The van der Waals surface area contributed by atoms with Gasteiger partial charge >= 0.3 is 0 Å². The lowest BCUT2D eigenvalue weighted by molar-refractivity contribution is -0.120. The van der Waals surface area contributed by atoms with Crippen LogP contribution < -0.4 is 5.32 Å².